The Kier molecular flexibility index (Phi) is 7.67. The molecule has 0 bridgehead atoms. The number of rotatable bonds is 9. The minimum absolute atomic E-state index is 0.0213. The molecule has 0 aliphatic heterocycles. The Morgan fingerprint density at radius 3 is 2.27 bits per heavy atom. The zero-order chi connectivity index (χ0) is 24.0. The van der Waals surface area contributed by atoms with E-state index in [4.69, 9.17) is 25.8 Å². The zero-order valence-electron chi connectivity index (χ0n) is 18.2. The predicted molar refractivity (Wildman–Crippen MR) is 127 cm³/mol. The van der Waals surface area contributed by atoms with E-state index in [2.05, 4.69) is 10.0 Å². The lowest BCUT2D eigenvalue weighted by atomic mass is 10.2. The molecular weight excluding hydrogens is 468 g/mol. The molecule has 0 aliphatic carbocycles. The van der Waals surface area contributed by atoms with Crippen LogP contribution in [0.3, 0.4) is 0 Å². The number of nitrogens with one attached hydrogen (secondary N) is 2. The van der Waals surface area contributed by atoms with Crippen molar-refractivity contribution >= 4 is 38.9 Å². The van der Waals surface area contributed by atoms with E-state index < -0.39 is 15.9 Å². The molecule has 3 rings (SSSR count). The smallest absolute Gasteiger partial charge is 0.263 e. The maximum absolute atomic E-state index is 12.9. The summed E-state index contributed by atoms with van der Waals surface area (Å²) >= 11 is 6.15. The first-order chi connectivity index (χ1) is 15.8. The van der Waals surface area contributed by atoms with Gasteiger partial charge in [-0.25, -0.2) is 8.42 Å². The first-order valence-electron chi connectivity index (χ1n) is 9.86. The Hall–Kier alpha value is -3.43. The Morgan fingerprint density at radius 2 is 1.64 bits per heavy atom. The molecule has 0 aliphatic rings. The number of hydrogen-bond acceptors (Lipinski definition) is 6. The highest BCUT2D eigenvalue weighted by Crippen LogP contribution is 2.30. The number of ether oxygens (including phenoxy) is 3. The normalized spacial score (nSPS) is 10.9. The highest BCUT2D eigenvalue weighted by atomic mass is 35.5. The summed E-state index contributed by atoms with van der Waals surface area (Å²) in [5.74, 6) is 1.03. The molecule has 8 nitrogen and oxygen atoms in total. The molecule has 1 amide bonds. The third-order valence-electron chi connectivity index (χ3n) is 4.56. The van der Waals surface area contributed by atoms with E-state index in [1.807, 2.05) is 6.92 Å². The topological polar surface area (TPSA) is 103 Å². The van der Waals surface area contributed by atoms with Crippen LogP contribution < -0.4 is 24.2 Å². The van der Waals surface area contributed by atoms with Gasteiger partial charge in [0.15, 0.2) is 0 Å². The molecule has 0 radical (unpaired) electrons. The van der Waals surface area contributed by atoms with Gasteiger partial charge in [0.2, 0.25) is 0 Å². The van der Waals surface area contributed by atoms with E-state index in [0.717, 1.165) is 0 Å². The summed E-state index contributed by atoms with van der Waals surface area (Å²) in [5.41, 5.74) is 0.826. The van der Waals surface area contributed by atoms with Crippen LogP contribution in [0.5, 0.6) is 17.2 Å². The van der Waals surface area contributed by atoms with Crippen LogP contribution in [0.15, 0.2) is 65.6 Å². The molecule has 3 aromatic carbocycles. The molecule has 0 atom stereocenters. The molecule has 0 heterocycles. The van der Waals surface area contributed by atoms with Crippen molar-refractivity contribution in [2.24, 2.45) is 0 Å². The molecular formula is C23H23ClN2O6S. The summed E-state index contributed by atoms with van der Waals surface area (Å²) in [6.45, 7) is 2.35. The van der Waals surface area contributed by atoms with Crippen molar-refractivity contribution in [1.82, 2.24) is 0 Å². The lowest BCUT2D eigenvalue weighted by molar-refractivity contribution is 0.102. The second-order valence-corrected chi connectivity index (χ2v) is 8.79. The average molecular weight is 491 g/mol. The summed E-state index contributed by atoms with van der Waals surface area (Å²) in [5, 5.41) is 2.68. The number of sulfonamides is 1. The van der Waals surface area contributed by atoms with Gasteiger partial charge in [-0.15, -0.1) is 0 Å². The Labute approximate surface area is 197 Å². The molecule has 0 unspecified atom stereocenters. The number of anilines is 2. The number of methoxy groups -OCH3 is 2. The van der Waals surface area contributed by atoms with E-state index in [1.165, 1.54) is 32.4 Å². The standard InChI is InChI=1S/C23H23ClN2O6S/c1-4-32-17-8-6-16(7-9-17)26-33(28,29)22-13-15(5-11-19(22)24)23(27)25-20-12-10-18(30-2)14-21(20)31-3/h5-14,26H,4H2,1-3H3,(H,25,27). The van der Waals surface area contributed by atoms with Gasteiger partial charge in [-0.3, -0.25) is 9.52 Å². The molecule has 174 valence electrons. The number of carbonyl (C=O) groups excluding carboxylic acids is 1. The number of halogens is 1. The van der Waals surface area contributed by atoms with Gasteiger partial charge < -0.3 is 19.5 Å². The summed E-state index contributed by atoms with van der Waals surface area (Å²) in [4.78, 5) is 12.6. The molecule has 2 N–H and O–H groups in total. The first-order valence-corrected chi connectivity index (χ1v) is 11.7. The Balaban J connectivity index is 1.84. The van der Waals surface area contributed by atoms with Gasteiger partial charge in [-0.1, -0.05) is 11.6 Å². The number of hydrogen-bond donors (Lipinski definition) is 2. The van der Waals surface area contributed by atoms with Gasteiger partial charge in [0.1, 0.15) is 22.1 Å². The third-order valence-corrected chi connectivity index (χ3v) is 6.42. The van der Waals surface area contributed by atoms with Crippen LogP contribution >= 0.6 is 11.6 Å². The summed E-state index contributed by atoms with van der Waals surface area (Å²) in [6.07, 6.45) is 0. The second kappa shape index (κ2) is 10.5. The molecule has 0 fully saturated rings. The quantitative estimate of drug-likeness (QED) is 0.446. The van der Waals surface area contributed by atoms with Crippen molar-refractivity contribution in [3.8, 4) is 17.2 Å². The molecule has 0 saturated heterocycles. The van der Waals surface area contributed by atoms with Crippen LogP contribution in [0.4, 0.5) is 11.4 Å². The van der Waals surface area contributed by atoms with Gasteiger partial charge in [0, 0.05) is 17.3 Å². The maximum atomic E-state index is 12.9. The fourth-order valence-electron chi connectivity index (χ4n) is 2.94. The van der Waals surface area contributed by atoms with Crippen molar-refractivity contribution in [3.63, 3.8) is 0 Å². The zero-order valence-corrected chi connectivity index (χ0v) is 19.8. The monoisotopic (exact) mass is 490 g/mol. The van der Waals surface area contributed by atoms with Crippen molar-refractivity contribution < 1.29 is 27.4 Å². The highest BCUT2D eigenvalue weighted by Gasteiger charge is 2.21. The Bertz CT molecular complexity index is 1250. The van der Waals surface area contributed by atoms with Gasteiger partial charge in [-0.05, 0) is 61.5 Å². The first kappa shape index (κ1) is 24.2. The van der Waals surface area contributed by atoms with Gasteiger partial charge in [0.05, 0.1) is 31.5 Å². The fraction of sp³-hybridized carbons (Fsp3) is 0.174. The molecule has 33 heavy (non-hydrogen) atoms. The van der Waals surface area contributed by atoms with Crippen molar-refractivity contribution in [3.05, 3.63) is 71.2 Å². The van der Waals surface area contributed by atoms with E-state index in [-0.39, 0.29) is 15.5 Å². The lowest BCUT2D eigenvalue weighted by Gasteiger charge is -2.13. The van der Waals surface area contributed by atoms with E-state index >= 15 is 0 Å². The SMILES string of the molecule is CCOc1ccc(NS(=O)(=O)c2cc(C(=O)Nc3ccc(OC)cc3OC)ccc2Cl)cc1. The minimum atomic E-state index is -4.06. The van der Waals surface area contributed by atoms with Crippen LogP contribution in [-0.4, -0.2) is 35.2 Å². The molecule has 0 aromatic heterocycles. The van der Waals surface area contributed by atoms with Crippen molar-refractivity contribution in [2.45, 2.75) is 11.8 Å². The molecule has 10 heteroatoms. The summed E-state index contributed by atoms with van der Waals surface area (Å²) in [6, 6.07) is 15.3. The molecule has 3 aromatic rings. The largest absolute Gasteiger partial charge is 0.497 e. The maximum Gasteiger partial charge on any atom is 0.263 e. The highest BCUT2D eigenvalue weighted by molar-refractivity contribution is 7.92. The van der Waals surface area contributed by atoms with Crippen LogP contribution in [0, 0.1) is 0 Å². The molecule has 0 spiro atoms. The molecule has 0 saturated carbocycles. The van der Waals surface area contributed by atoms with Crippen LogP contribution in [0.25, 0.3) is 0 Å². The van der Waals surface area contributed by atoms with Crippen LogP contribution in [0.1, 0.15) is 17.3 Å². The summed E-state index contributed by atoms with van der Waals surface area (Å²) < 4.78 is 44.1. The number of benzene rings is 3. The fourth-order valence-corrected chi connectivity index (χ4v) is 4.53. The Morgan fingerprint density at radius 1 is 0.939 bits per heavy atom. The van der Waals surface area contributed by atoms with Crippen LogP contribution in [0.2, 0.25) is 5.02 Å². The van der Waals surface area contributed by atoms with E-state index in [9.17, 15) is 13.2 Å². The number of amides is 1. The number of carbonyl (C=O) groups is 1. The minimum Gasteiger partial charge on any atom is -0.497 e. The average Bonchev–Trinajstić information content (AvgIpc) is 2.80. The second-order valence-electron chi connectivity index (χ2n) is 6.73. The van der Waals surface area contributed by atoms with Gasteiger partial charge >= 0.3 is 0 Å². The van der Waals surface area contributed by atoms with E-state index in [1.54, 1.807) is 42.5 Å². The predicted octanol–water partition coefficient (Wildman–Crippen LogP) is 4.81. The lowest BCUT2D eigenvalue weighted by Crippen LogP contribution is -2.16. The van der Waals surface area contributed by atoms with E-state index in [0.29, 0.717) is 35.2 Å². The van der Waals surface area contributed by atoms with Crippen molar-refractivity contribution in [1.29, 1.82) is 0 Å². The van der Waals surface area contributed by atoms with Crippen LogP contribution in [-0.2, 0) is 10.0 Å². The van der Waals surface area contributed by atoms with Crippen molar-refractivity contribution in [2.75, 3.05) is 30.9 Å². The summed E-state index contributed by atoms with van der Waals surface area (Å²) in [7, 11) is -1.08. The van der Waals surface area contributed by atoms with Gasteiger partial charge in [-0.2, -0.15) is 0 Å². The van der Waals surface area contributed by atoms with Gasteiger partial charge in [0.25, 0.3) is 15.9 Å². The third kappa shape index (κ3) is 5.88.